The predicted octanol–water partition coefficient (Wildman–Crippen LogP) is 3.14. The minimum Gasteiger partial charge on any atom is -0.340 e. The molecule has 0 aliphatic carbocycles. The van der Waals surface area contributed by atoms with Gasteiger partial charge in [0.15, 0.2) is 9.84 Å². The summed E-state index contributed by atoms with van der Waals surface area (Å²) in [5.74, 6) is 0.787. The maximum Gasteiger partial charge on any atom is 0.175 e. The normalized spacial score (nSPS) is 11.3. The molecule has 0 aliphatic rings. The van der Waals surface area contributed by atoms with E-state index in [1.807, 2.05) is 19.9 Å². The standard InChI is InChI=1S/C15H16N4O2S.ClH/c1-9-10(2)18-19-15(9)17-14-6-7-16-13-5-4-11(8-12(13)14)22(3,20)21;/h4-8H,1-3H3,(H2,16,17,18,19);1H. The van der Waals surface area contributed by atoms with Gasteiger partial charge in [0.1, 0.15) is 5.82 Å². The summed E-state index contributed by atoms with van der Waals surface area (Å²) in [4.78, 5) is 4.55. The number of rotatable bonds is 3. The number of sulfone groups is 1. The molecule has 2 heterocycles. The fourth-order valence-corrected chi connectivity index (χ4v) is 2.86. The summed E-state index contributed by atoms with van der Waals surface area (Å²) in [6.07, 6.45) is 2.88. The maximum absolute atomic E-state index is 11.7. The second-order valence-corrected chi connectivity index (χ2v) is 7.26. The van der Waals surface area contributed by atoms with Crippen molar-refractivity contribution in [1.82, 2.24) is 15.2 Å². The van der Waals surface area contributed by atoms with Crippen molar-refractivity contribution in [3.05, 3.63) is 41.7 Å². The lowest BCUT2D eigenvalue weighted by Gasteiger charge is -2.09. The summed E-state index contributed by atoms with van der Waals surface area (Å²) < 4.78 is 23.5. The highest BCUT2D eigenvalue weighted by atomic mass is 35.5. The van der Waals surface area contributed by atoms with Gasteiger partial charge >= 0.3 is 0 Å². The van der Waals surface area contributed by atoms with E-state index in [2.05, 4.69) is 20.5 Å². The predicted molar refractivity (Wildman–Crippen MR) is 93.4 cm³/mol. The van der Waals surface area contributed by atoms with Crippen LogP contribution in [-0.2, 0) is 9.84 Å². The van der Waals surface area contributed by atoms with Crippen molar-refractivity contribution in [3.63, 3.8) is 0 Å². The molecule has 0 amide bonds. The molecular formula is C15H17ClN4O2S. The van der Waals surface area contributed by atoms with Gasteiger partial charge in [-0.1, -0.05) is 0 Å². The number of fused-ring (bicyclic) bond motifs is 1. The third-order valence-corrected chi connectivity index (χ3v) is 4.76. The van der Waals surface area contributed by atoms with E-state index in [1.54, 1.807) is 24.4 Å². The van der Waals surface area contributed by atoms with Gasteiger partial charge in [-0.15, -0.1) is 12.4 Å². The molecule has 2 N–H and O–H groups in total. The molecule has 0 radical (unpaired) electrons. The summed E-state index contributed by atoms with van der Waals surface area (Å²) in [6, 6.07) is 6.73. The van der Waals surface area contributed by atoms with Crippen molar-refractivity contribution in [2.75, 3.05) is 11.6 Å². The third-order valence-electron chi connectivity index (χ3n) is 3.65. The number of nitrogens with one attached hydrogen (secondary N) is 2. The van der Waals surface area contributed by atoms with Gasteiger partial charge in [-0.3, -0.25) is 10.1 Å². The third kappa shape index (κ3) is 3.30. The Balaban J connectivity index is 0.00000192. The summed E-state index contributed by atoms with van der Waals surface area (Å²) in [6.45, 7) is 3.88. The Morgan fingerprint density at radius 3 is 2.52 bits per heavy atom. The lowest BCUT2D eigenvalue weighted by atomic mass is 10.2. The summed E-state index contributed by atoms with van der Waals surface area (Å²) >= 11 is 0. The molecule has 1 aromatic carbocycles. The second-order valence-electron chi connectivity index (χ2n) is 5.24. The molecule has 0 unspecified atom stereocenters. The number of pyridine rings is 1. The highest BCUT2D eigenvalue weighted by Crippen LogP contribution is 2.28. The highest BCUT2D eigenvalue weighted by molar-refractivity contribution is 7.90. The first kappa shape index (κ1) is 17.2. The second kappa shape index (κ2) is 6.17. The zero-order chi connectivity index (χ0) is 15.9. The molecule has 0 atom stereocenters. The minimum absolute atomic E-state index is 0. The van der Waals surface area contributed by atoms with Gasteiger partial charge in [-0.2, -0.15) is 5.10 Å². The number of H-pyrrole nitrogens is 1. The number of nitrogens with zero attached hydrogens (tertiary/aromatic N) is 2. The van der Waals surface area contributed by atoms with Crippen molar-refractivity contribution in [2.24, 2.45) is 0 Å². The monoisotopic (exact) mass is 352 g/mol. The Morgan fingerprint density at radius 1 is 1.17 bits per heavy atom. The van der Waals surface area contributed by atoms with Crippen LogP contribution in [0.15, 0.2) is 35.4 Å². The van der Waals surface area contributed by atoms with Gasteiger partial charge in [0.05, 0.1) is 21.8 Å². The number of benzene rings is 1. The Kier molecular flexibility index (Phi) is 4.63. The molecule has 0 aliphatic heterocycles. The van der Waals surface area contributed by atoms with E-state index in [0.717, 1.165) is 33.7 Å². The molecule has 0 saturated carbocycles. The van der Waals surface area contributed by atoms with Crippen LogP contribution < -0.4 is 5.32 Å². The molecule has 3 rings (SSSR count). The van der Waals surface area contributed by atoms with Crippen LogP contribution in [0, 0.1) is 13.8 Å². The Morgan fingerprint density at radius 2 is 1.91 bits per heavy atom. The molecule has 6 nitrogen and oxygen atoms in total. The summed E-state index contributed by atoms with van der Waals surface area (Å²) in [5, 5.41) is 11.1. The van der Waals surface area contributed by atoms with E-state index in [4.69, 9.17) is 0 Å². The van der Waals surface area contributed by atoms with Gasteiger partial charge in [0.25, 0.3) is 0 Å². The molecule has 0 saturated heterocycles. The molecule has 2 aromatic heterocycles. The summed E-state index contributed by atoms with van der Waals surface area (Å²) in [7, 11) is -3.26. The van der Waals surface area contributed by atoms with Gasteiger partial charge in [0, 0.05) is 23.4 Å². The van der Waals surface area contributed by atoms with Crippen LogP contribution in [-0.4, -0.2) is 29.9 Å². The average molecular weight is 353 g/mol. The molecule has 0 spiro atoms. The maximum atomic E-state index is 11.7. The zero-order valence-electron chi connectivity index (χ0n) is 12.9. The SMILES string of the molecule is Cc1n[nH]c(Nc2ccnc3ccc(S(C)(=O)=O)cc23)c1C.Cl. The first-order chi connectivity index (χ1) is 10.4. The van der Waals surface area contributed by atoms with Crippen LogP contribution in [0.5, 0.6) is 0 Å². The lowest BCUT2D eigenvalue weighted by Crippen LogP contribution is -1.99. The highest BCUT2D eigenvalue weighted by Gasteiger charge is 2.12. The molecule has 0 bridgehead atoms. The fourth-order valence-electron chi connectivity index (χ4n) is 2.21. The first-order valence-corrected chi connectivity index (χ1v) is 8.63. The average Bonchev–Trinajstić information content (AvgIpc) is 2.78. The van der Waals surface area contributed by atoms with E-state index >= 15 is 0 Å². The van der Waals surface area contributed by atoms with Gasteiger partial charge in [-0.05, 0) is 38.1 Å². The van der Waals surface area contributed by atoms with Gasteiger partial charge in [0.2, 0.25) is 0 Å². The van der Waals surface area contributed by atoms with Crippen LogP contribution >= 0.6 is 12.4 Å². The number of aromatic amines is 1. The molecular weight excluding hydrogens is 336 g/mol. The van der Waals surface area contributed by atoms with E-state index < -0.39 is 9.84 Å². The van der Waals surface area contributed by atoms with Crippen molar-refractivity contribution >= 4 is 44.7 Å². The number of hydrogen-bond acceptors (Lipinski definition) is 5. The van der Waals surface area contributed by atoms with E-state index in [1.165, 1.54) is 6.26 Å². The largest absolute Gasteiger partial charge is 0.340 e. The van der Waals surface area contributed by atoms with Crippen LogP contribution in [0.4, 0.5) is 11.5 Å². The van der Waals surface area contributed by atoms with Crippen molar-refractivity contribution < 1.29 is 8.42 Å². The minimum atomic E-state index is -3.26. The van der Waals surface area contributed by atoms with Crippen molar-refractivity contribution in [1.29, 1.82) is 0 Å². The van der Waals surface area contributed by atoms with Crippen LogP contribution in [0.25, 0.3) is 10.9 Å². The fraction of sp³-hybridized carbons (Fsp3) is 0.200. The molecule has 3 aromatic rings. The lowest BCUT2D eigenvalue weighted by molar-refractivity contribution is 0.602. The zero-order valence-corrected chi connectivity index (χ0v) is 14.5. The molecule has 8 heteroatoms. The smallest absolute Gasteiger partial charge is 0.175 e. The van der Waals surface area contributed by atoms with Crippen LogP contribution in [0.3, 0.4) is 0 Å². The van der Waals surface area contributed by atoms with Crippen LogP contribution in [0.2, 0.25) is 0 Å². The van der Waals surface area contributed by atoms with Gasteiger partial charge in [-0.25, -0.2) is 8.42 Å². The summed E-state index contributed by atoms with van der Waals surface area (Å²) in [5.41, 5.74) is 3.44. The quantitative estimate of drug-likeness (QED) is 0.756. The Hall–Kier alpha value is -2.12. The van der Waals surface area contributed by atoms with E-state index in [-0.39, 0.29) is 17.3 Å². The topological polar surface area (TPSA) is 87.7 Å². The van der Waals surface area contributed by atoms with Gasteiger partial charge < -0.3 is 5.32 Å². The van der Waals surface area contributed by atoms with Crippen LogP contribution in [0.1, 0.15) is 11.3 Å². The Labute approximate surface area is 140 Å². The number of halogens is 1. The van der Waals surface area contributed by atoms with Crippen molar-refractivity contribution in [2.45, 2.75) is 18.7 Å². The molecule has 0 fully saturated rings. The number of aryl methyl sites for hydroxylation is 1. The number of anilines is 2. The molecule has 122 valence electrons. The van der Waals surface area contributed by atoms with E-state index in [0.29, 0.717) is 0 Å². The Bertz CT molecular complexity index is 967. The first-order valence-electron chi connectivity index (χ1n) is 6.73. The number of hydrogen-bond donors (Lipinski definition) is 2. The van der Waals surface area contributed by atoms with Crippen molar-refractivity contribution in [3.8, 4) is 0 Å². The van der Waals surface area contributed by atoms with E-state index in [9.17, 15) is 8.42 Å². The number of aromatic nitrogens is 3. The molecule has 23 heavy (non-hydrogen) atoms.